The Hall–Kier alpha value is -1.30. The summed E-state index contributed by atoms with van der Waals surface area (Å²) >= 11 is 0. The monoisotopic (exact) mass is 299 g/mol. The summed E-state index contributed by atoms with van der Waals surface area (Å²) in [5.41, 5.74) is -0.470. The van der Waals surface area contributed by atoms with E-state index in [9.17, 15) is 9.59 Å². The number of carbonyl (C=O) groups is 2. The van der Waals surface area contributed by atoms with Crippen LogP contribution in [0.25, 0.3) is 0 Å². The third-order valence-corrected chi connectivity index (χ3v) is 3.92. The van der Waals surface area contributed by atoms with Crippen molar-refractivity contribution in [2.45, 2.75) is 64.3 Å². The second kappa shape index (κ2) is 6.22. The van der Waals surface area contributed by atoms with Crippen LogP contribution in [0.5, 0.6) is 0 Å². The lowest BCUT2D eigenvalue weighted by Gasteiger charge is -2.38. The molecule has 1 aliphatic carbocycles. The fraction of sp³-hybridized carbons (Fsp3) is 0.867. The van der Waals surface area contributed by atoms with Gasteiger partial charge >= 0.3 is 12.1 Å². The van der Waals surface area contributed by atoms with Crippen LogP contribution in [-0.2, 0) is 14.3 Å². The summed E-state index contributed by atoms with van der Waals surface area (Å²) < 4.78 is 11.2. The van der Waals surface area contributed by atoms with Crippen molar-refractivity contribution in [3.63, 3.8) is 0 Å². The zero-order valence-electron chi connectivity index (χ0n) is 13.0. The van der Waals surface area contributed by atoms with Gasteiger partial charge in [0.25, 0.3) is 0 Å². The number of carboxylic acid groups (broad SMARTS) is 1. The van der Waals surface area contributed by atoms with Crippen LogP contribution in [0.3, 0.4) is 0 Å². The molecule has 0 bridgehead atoms. The number of hydrogen-bond donors (Lipinski definition) is 1. The van der Waals surface area contributed by atoms with Crippen molar-refractivity contribution in [2.75, 3.05) is 13.1 Å². The summed E-state index contributed by atoms with van der Waals surface area (Å²) in [5, 5.41) is 8.83. The van der Waals surface area contributed by atoms with Crippen molar-refractivity contribution < 1.29 is 24.2 Å². The van der Waals surface area contributed by atoms with Gasteiger partial charge in [0.1, 0.15) is 5.60 Å². The van der Waals surface area contributed by atoms with Crippen molar-refractivity contribution >= 4 is 12.1 Å². The first-order chi connectivity index (χ1) is 9.74. The van der Waals surface area contributed by atoms with Gasteiger partial charge in [-0.25, -0.2) is 4.79 Å². The van der Waals surface area contributed by atoms with E-state index in [1.807, 2.05) is 20.8 Å². The highest BCUT2D eigenvalue weighted by Gasteiger charge is 2.37. The topological polar surface area (TPSA) is 76.1 Å². The van der Waals surface area contributed by atoms with E-state index in [2.05, 4.69) is 0 Å². The van der Waals surface area contributed by atoms with Crippen molar-refractivity contribution in [3.8, 4) is 0 Å². The first-order valence-electron chi connectivity index (χ1n) is 7.61. The van der Waals surface area contributed by atoms with E-state index < -0.39 is 11.6 Å². The molecular weight excluding hydrogens is 274 g/mol. The number of aliphatic carboxylic acids is 1. The van der Waals surface area contributed by atoms with E-state index in [4.69, 9.17) is 14.6 Å². The molecule has 0 aromatic heterocycles. The van der Waals surface area contributed by atoms with Gasteiger partial charge in [-0.1, -0.05) is 0 Å². The van der Waals surface area contributed by atoms with E-state index >= 15 is 0 Å². The Morgan fingerprint density at radius 1 is 1.10 bits per heavy atom. The average molecular weight is 299 g/mol. The normalized spacial score (nSPS) is 27.1. The van der Waals surface area contributed by atoms with Gasteiger partial charge < -0.3 is 19.5 Å². The summed E-state index contributed by atoms with van der Waals surface area (Å²) in [7, 11) is 0. The van der Waals surface area contributed by atoms with Crippen molar-refractivity contribution in [2.24, 2.45) is 5.92 Å². The zero-order chi connectivity index (χ0) is 15.6. The van der Waals surface area contributed by atoms with Gasteiger partial charge in [0, 0.05) is 13.1 Å². The Morgan fingerprint density at radius 2 is 1.67 bits per heavy atom. The molecule has 6 nitrogen and oxygen atoms in total. The van der Waals surface area contributed by atoms with Crippen LogP contribution in [-0.4, -0.2) is 53.0 Å². The van der Waals surface area contributed by atoms with Gasteiger partial charge in [0.15, 0.2) is 0 Å². The number of piperidine rings is 1. The fourth-order valence-electron chi connectivity index (χ4n) is 2.65. The van der Waals surface area contributed by atoms with E-state index in [0.717, 1.165) is 12.8 Å². The molecular formula is C15H25NO5. The first-order valence-corrected chi connectivity index (χ1v) is 7.61. The zero-order valence-corrected chi connectivity index (χ0v) is 13.0. The van der Waals surface area contributed by atoms with Crippen LogP contribution in [0.4, 0.5) is 4.79 Å². The van der Waals surface area contributed by atoms with Crippen LogP contribution in [0, 0.1) is 5.92 Å². The third kappa shape index (κ3) is 4.59. The molecule has 2 fully saturated rings. The van der Waals surface area contributed by atoms with Crippen LogP contribution >= 0.6 is 0 Å². The minimum absolute atomic E-state index is 0.0733. The van der Waals surface area contributed by atoms with Crippen LogP contribution in [0.1, 0.15) is 46.5 Å². The maximum Gasteiger partial charge on any atom is 0.410 e. The van der Waals surface area contributed by atoms with Gasteiger partial charge in [0.2, 0.25) is 0 Å². The van der Waals surface area contributed by atoms with Gasteiger partial charge in [-0.15, -0.1) is 0 Å². The minimum Gasteiger partial charge on any atom is -0.481 e. The van der Waals surface area contributed by atoms with Crippen molar-refractivity contribution in [3.05, 3.63) is 0 Å². The summed E-state index contributed by atoms with van der Waals surface area (Å²) in [6, 6.07) is 0. The lowest BCUT2D eigenvalue weighted by molar-refractivity contribution is -0.155. The highest BCUT2D eigenvalue weighted by Crippen LogP contribution is 2.32. The fourth-order valence-corrected chi connectivity index (χ4v) is 2.65. The number of hydrogen-bond acceptors (Lipinski definition) is 4. The van der Waals surface area contributed by atoms with E-state index in [1.54, 1.807) is 4.90 Å². The summed E-state index contributed by atoms with van der Waals surface area (Å²) in [4.78, 5) is 24.4. The smallest absolute Gasteiger partial charge is 0.410 e. The quantitative estimate of drug-likeness (QED) is 0.865. The average Bonchev–Trinajstić information content (AvgIpc) is 2.31. The van der Waals surface area contributed by atoms with E-state index in [1.165, 1.54) is 0 Å². The molecule has 0 atom stereocenters. The lowest BCUT2D eigenvalue weighted by atomic mass is 9.82. The maximum absolute atomic E-state index is 11.9. The molecule has 1 aliphatic heterocycles. The Balaban J connectivity index is 1.67. The Morgan fingerprint density at radius 3 is 2.14 bits per heavy atom. The molecule has 6 heteroatoms. The molecule has 2 rings (SSSR count). The molecule has 120 valence electrons. The number of rotatable bonds is 3. The van der Waals surface area contributed by atoms with Crippen LogP contribution in [0.2, 0.25) is 0 Å². The van der Waals surface area contributed by atoms with Crippen molar-refractivity contribution in [1.82, 2.24) is 4.90 Å². The Kier molecular flexibility index (Phi) is 4.76. The Labute approximate surface area is 125 Å². The highest BCUT2D eigenvalue weighted by atomic mass is 16.6. The Bertz CT molecular complexity index is 389. The molecule has 1 saturated carbocycles. The van der Waals surface area contributed by atoms with Gasteiger partial charge in [-0.2, -0.15) is 0 Å². The first kappa shape index (κ1) is 16.1. The van der Waals surface area contributed by atoms with E-state index in [0.29, 0.717) is 25.9 Å². The molecule has 1 saturated heterocycles. The van der Waals surface area contributed by atoms with Crippen LogP contribution in [0.15, 0.2) is 0 Å². The molecule has 2 aliphatic rings. The number of ether oxygens (including phenoxy) is 2. The highest BCUT2D eigenvalue weighted by molar-refractivity contribution is 5.71. The number of likely N-dealkylation sites (tertiary alicyclic amines) is 1. The molecule has 1 heterocycles. The van der Waals surface area contributed by atoms with Gasteiger partial charge in [-0.05, 0) is 46.5 Å². The number of carboxylic acids is 1. The maximum atomic E-state index is 11.9. The second-order valence-corrected chi connectivity index (χ2v) is 6.93. The number of nitrogens with zero attached hydrogens (tertiary/aromatic N) is 1. The summed E-state index contributed by atoms with van der Waals surface area (Å²) in [6.07, 6.45) is 2.73. The van der Waals surface area contributed by atoms with E-state index in [-0.39, 0.29) is 24.2 Å². The predicted molar refractivity (Wildman–Crippen MR) is 76.1 cm³/mol. The predicted octanol–water partition coefficient (Wildman–Crippen LogP) is 2.27. The van der Waals surface area contributed by atoms with Crippen molar-refractivity contribution in [1.29, 1.82) is 0 Å². The largest absolute Gasteiger partial charge is 0.481 e. The standard InChI is InChI=1S/C15H25NO5/c1-15(2,3)21-14(19)16-6-4-11(5-7-16)20-12-8-10(9-12)13(17)18/h10-12H,4-9H2,1-3H3,(H,17,18). The molecule has 1 N–H and O–H groups in total. The third-order valence-electron chi connectivity index (χ3n) is 3.92. The summed E-state index contributed by atoms with van der Waals surface area (Å²) in [6.45, 7) is 6.84. The van der Waals surface area contributed by atoms with Gasteiger partial charge in [-0.3, -0.25) is 4.79 Å². The molecule has 0 unspecified atom stereocenters. The molecule has 1 amide bonds. The van der Waals surface area contributed by atoms with Crippen LogP contribution < -0.4 is 0 Å². The molecule has 21 heavy (non-hydrogen) atoms. The number of carbonyl (C=O) groups excluding carboxylic acids is 1. The molecule has 0 radical (unpaired) electrons. The number of amides is 1. The molecule has 0 aromatic rings. The van der Waals surface area contributed by atoms with Gasteiger partial charge in [0.05, 0.1) is 18.1 Å². The molecule has 0 aromatic carbocycles. The summed E-state index contributed by atoms with van der Waals surface area (Å²) in [5.74, 6) is -0.966. The minimum atomic E-state index is -0.727. The lowest BCUT2D eigenvalue weighted by Crippen LogP contribution is -2.45. The SMILES string of the molecule is CC(C)(C)OC(=O)N1CCC(OC2CC(C(=O)O)C2)CC1. The molecule has 0 spiro atoms. The second-order valence-electron chi connectivity index (χ2n) is 6.93.